The topological polar surface area (TPSA) is 75.2 Å². The van der Waals surface area contributed by atoms with Gasteiger partial charge in [-0.25, -0.2) is 13.5 Å². The summed E-state index contributed by atoms with van der Waals surface area (Å²) in [7, 11) is 1.57. The normalized spacial score (nSPS) is 10.7. The molecule has 0 unspecified atom stereocenters. The largest absolute Gasteiger partial charge is 0.497 e. The zero-order chi connectivity index (χ0) is 18.5. The summed E-state index contributed by atoms with van der Waals surface area (Å²) in [6.45, 7) is 0.103. The summed E-state index contributed by atoms with van der Waals surface area (Å²) >= 11 is 1.15. The number of nitrogens with two attached hydrogens (primary N) is 1. The van der Waals surface area contributed by atoms with E-state index in [0.29, 0.717) is 22.5 Å². The van der Waals surface area contributed by atoms with Crippen LogP contribution in [0.2, 0.25) is 0 Å². The highest BCUT2D eigenvalue weighted by Crippen LogP contribution is 2.24. The number of nitrogen functional groups attached to an aromatic ring is 1. The minimum atomic E-state index is -0.885. The first kappa shape index (κ1) is 18.0. The SMILES string of the molecule is COc1cccc(OCc2nnc(SCc3cccc(F)c3F)n2N)c1. The Morgan fingerprint density at radius 3 is 2.69 bits per heavy atom. The molecule has 1 heterocycles. The third kappa shape index (κ3) is 4.05. The second-order valence-corrected chi connectivity index (χ2v) is 6.18. The number of benzene rings is 2. The van der Waals surface area contributed by atoms with Gasteiger partial charge in [0.2, 0.25) is 5.16 Å². The lowest BCUT2D eigenvalue weighted by Gasteiger charge is -2.08. The minimum Gasteiger partial charge on any atom is -0.497 e. The van der Waals surface area contributed by atoms with Crippen molar-refractivity contribution in [3.05, 3.63) is 65.5 Å². The molecule has 0 aliphatic carbocycles. The molecule has 0 spiro atoms. The van der Waals surface area contributed by atoms with Crippen LogP contribution in [0.3, 0.4) is 0 Å². The lowest BCUT2D eigenvalue weighted by atomic mass is 10.2. The van der Waals surface area contributed by atoms with Crippen LogP contribution in [-0.4, -0.2) is 22.0 Å². The third-order valence-corrected chi connectivity index (χ3v) is 4.52. The van der Waals surface area contributed by atoms with Gasteiger partial charge in [0.15, 0.2) is 17.5 Å². The average Bonchev–Trinajstić information content (AvgIpc) is 3.01. The number of methoxy groups -OCH3 is 1. The lowest BCUT2D eigenvalue weighted by molar-refractivity contribution is 0.289. The van der Waals surface area contributed by atoms with Crippen LogP contribution in [0.5, 0.6) is 11.5 Å². The Kier molecular flexibility index (Phi) is 5.57. The molecule has 6 nitrogen and oxygen atoms in total. The van der Waals surface area contributed by atoms with Gasteiger partial charge in [0.1, 0.15) is 18.1 Å². The molecule has 1 aromatic heterocycles. The molecule has 2 aromatic carbocycles. The van der Waals surface area contributed by atoms with Crippen molar-refractivity contribution in [2.75, 3.05) is 13.0 Å². The molecule has 0 atom stereocenters. The highest BCUT2D eigenvalue weighted by atomic mass is 32.2. The first-order valence-corrected chi connectivity index (χ1v) is 8.59. The Hall–Kier alpha value is -2.81. The lowest BCUT2D eigenvalue weighted by Crippen LogP contribution is -2.15. The van der Waals surface area contributed by atoms with Gasteiger partial charge in [-0.1, -0.05) is 30.0 Å². The first-order valence-electron chi connectivity index (χ1n) is 7.60. The zero-order valence-corrected chi connectivity index (χ0v) is 14.7. The van der Waals surface area contributed by atoms with E-state index >= 15 is 0 Å². The zero-order valence-electron chi connectivity index (χ0n) is 13.9. The van der Waals surface area contributed by atoms with Crippen molar-refractivity contribution >= 4 is 11.8 Å². The van der Waals surface area contributed by atoms with Crippen molar-refractivity contribution in [1.82, 2.24) is 14.9 Å². The van der Waals surface area contributed by atoms with Gasteiger partial charge in [0.05, 0.1) is 7.11 Å². The van der Waals surface area contributed by atoms with Gasteiger partial charge in [-0.2, -0.15) is 0 Å². The van der Waals surface area contributed by atoms with E-state index in [9.17, 15) is 8.78 Å². The maximum Gasteiger partial charge on any atom is 0.210 e. The van der Waals surface area contributed by atoms with E-state index in [1.54, 1.807) is 31.4 Å². The Balaban J connectivity index is 1.63. The summed E-state index contributed by atoms with van der Waals surface area (Å²) in [6, 6.07) is 11.2. The monoisotopic (exact) mass is 378 g/mol. The molecule has 0 fully saturated rings. The fourth-order valence-electron chi connectivity index (χ4n) is 2.15. The summed E-state index contributed by atoms with van der Waals surface area (Å²) in [5, 5.41) is 8.30. The number of hydrogen-bond donors (Lipinski definition) is 1. The van der Waals surface area contributed by atoms with E-state index in [1.807, 2.05) is 0 Å². The molecule has 9 heteroatoms. The summed E-state index contributed by atoms with van der Waals surface area (Å²) < 4.78 is 38.9. The maximum absolute atomic E-state index is 13.7. The average molecular weight is 378 g/mol. The van der Waals surface area contributed by atoms with Gasteiger partial charge in [-0.05, 0) is 18.2 Å². The summed E-state index contributed by atoms with van der Waals surface area (Å²) in [5.74, 6) is 6.04. The van der Waals surface area contributed by atoms with Crippen molar-refractivity contribution in [2.24, 2.45) is 0 Å². The fraction of sp³-hybridized carbons (Fsp3) is 0.176. The molecule has 0 saturated carbocycles. The van der Waals surface area contributed by atoms with Gasteiger partial charge in [0, 0.05) is 17.4 Å². The number of thioether (sulfide) groups is 1. The molecule has 0 aliphatic heterocycles. The minimum absolute atomic E-state index is 0.103. The first-order chi connectivity index (χ1) is 12.6. The van der Waals surface area contributed by atoms with Crippen molar-refractivity contribution in [3.8, 4) is 11.5 Å². The van der Waals surface area contributed by atoms with E-state index in [2.05, 4.69) is 10.2 Å². The number of aromatic nitrogens is 3. The van der Waals surface area contributed by atoms with Crippen molar-refractivity contribution in [2.45, 2.75) is 17.5 Å². The molecule has 0 saturated heterocycles. The number of ether oxygens (including phenoxy) is 2. The van der Waals surface area contributed by atoms with Crippen molar-refractivity contribution in [3.63, 3.8) is 0 Å². The van der Waals surface area contributed by atoms with E-state index < -0.39 is 11.6 Å². The summed E-state index contributed by atoms with van der Waals surface area (Å²) in [5.41, 5.74) is 0.229. The van der Waals surface area contributed by atoms with Crippen molar-refractivity contribution < 1.29 is 18.3 Å². The molecule has 0 bridgehead atoms. The van der Waals surface area contributed by atoms with E-state index in [0.717, 1.165) is 17.8 Å². The van der Waals surface area contributed by atoms with Crippen LogP contribution in [0, 0.1) is 11.6 Å². The van der Waals surface area contributed by atoms with Crippen LogP contribution in [0.4, 0.5) is 8.78 Å². The molecule has 3 aromatic rings. The number of rotatable bonds is 7. The second kappa shape index (κ2) is 8.05. The quantitative estimate of drug-likeness (QED) is 0.503. The molecule has 3 rings (SSSR count). The Morgan fingerprint density at radius 1 is 1.12 bits per heavy atom. The highest BCUT2D eigenvalue weighted by molar-refractivity contribution is 7.98. The van der Waals surface area contributed by atoms with Crippen LogP contribution >= 0.6 is 11.8 Å². The molecule has 26 heavy (non-hydrogen) atoms. The van der Waals surface area contributed by atoms with Gasteiger partial charge in [0.25, 0.3) is 0 Å². The van der Waals surface area contributed by atoms with Crippen LogP contribution in [-0.2, 0) is 12.4 Å². The number of halogens is 2. The van der Waals surface area contributed by atoms with E-state index in [4.69, 9.17) is 15.3 Å². The standard InChI is InChI=1S/C17H16F2N4O2S/c1-24-12-5-3-6-13(8-12)25-9-15-21-22-17(23(15)20)26-10-11-4-2-7-14(18)16(11)19/h2-8H,9-10,20H2,1H3. The third-order valence-electron chi connectivity index (χ3n) is 3.53. The Morgan fingerprint density at radius 2 is 1.88 bits per heavy atom. The molecule has 0 radical (unpaired) electrons. The van der Waals surface area contributed by atoms with Crippen LogP contribution in [0.15, 0.2) is 47.6 Å². The molecular weight excluding hydrogens is 362 g/mol. The van der Waals surface area contributed by atoms with Crippen molar-refractivity contribution in [1.29, 1.82) is 0 Å². The van der Waals surface area contributed by atoms with Crippen LogP contribution in [0.25, 0.3) is 0 Å². The van der Waals surface area contributed by atoms with Gasteiger partial charge in [-0.3, -0.25) is 0 Å². The van der Waals surface area contributed by atoms with Gasteiger partial charge < -0.3 is 15.3 Å². The maximum atomic E-state index is 13.7. The predicted octanol–water partition coefficient (Wildman–Crippen LogP) is 3.15. The fourth-order valence-corrected chi connectivity index (χ4v) is 3.00. The van der Waals surface area contributed by atoms with E-state index in [1.165, 1.54) is 16.8 Å². The summed E-state index contributed by atoms with van der Waals surface area (Å²) in [6.07, 6.45) is 0. The number of hydrogen-bond acceptors (Lipinski definition) is 6. The van der Waals surface area contributed by atoms with Gasteiger partial charge >= 0.3 is 0 Å². The summed E-state index contributed by atoms with van der Waals surface area (Å²) in [4.78, 5) is 0. The smallest absolute Gasteiger partial charge is 0.210 e. The van der Waals surface area contributed by atoms with Gasteiger partial charge in [-0.15, -0.1) is 10.2 Å². The second-order valence-electron chi connectivity index (χ2n) is 5.24. The molecular formula is C17H16F2N4O2S. The Labute approximate surface area is 152 Å². The highest BCUT2D eigenvalue weighted by Gasteiger charge is 2.13. The molecule has 0 amide bonds. The van der Waals surface area contributed by atoms with E-state index in [-0.39, 0.29) is 17.9 Å². The predicted molar refractivity (Wildman–Crippen MR) is 93.4 cm³/mol. The number of nitrogens with zero attached hydrogens (tertiary/aromatic N) is 3. The Bertz CT molecular complexity index is 904. The molecule has 2 N–H and O–H groups in total. The molecule has 136 valence electrons. The van der Waals surface area contributed by atoms with Crippen LogP contribution in [0.1, 0.15) is 11.4 Å². The molecule has 0 aliphatic rings. The van der Waals surface area contributed by atoms with Crippen LogP contribution < -0.4 is 15.3 Å².